The topological polar surface area (TPSA) is 89.3 Å². The lowest BCUT2D eigenvalue weighted by Gasteiger charge is -1.91. The summed E-state index contributed by atoms with van der Waals surface area (Å²) in [4.78, 5) is 10.5. The van der Waals surface area contributed by atoms with Crippen molar-refractivity contribution in [3.63, 3.8) is 0 Å². The highest BCUT2D eigenvalue weighted by Gasteiger charge is 2.17. The molecule has 1 heterocycles. The molecule has 0 unspecified atom stereocenters. The minimum Gasteiger partial charge on any atom is -0.477 e. The van der Waals surface area contributed by atoms with Crippen LogP contribution in [0.25, 0.3) is 0 Å². The first kappa shape index (κ1) is 9.72. The zero-order valence-electron chi connectivity index (χ0n) is 7.05. The van der Waals surface area contributed by atoms with Gasteiger partial charge in [-0.1, -0.05) is 0 Å². The molecule has 1 aromatic rings. The van der Waals surface area contributed by atoms with Crippen LogP contribution in [0.5, 0.6) is 0 Å². The highest BCUT2D eigenvalue weighted by molar-refractivity contribution is 7.90. The van der Waals surface area contributed by atoms with E-state index >= 15 is 0 Å². The molecule has 0 aliphatic heterocycles. The van der Waals surface area contributed by atoms with E-state index in [0.29, 0.717) is 0 Å². The highest BCUT2D eigenvalue weighted by Crippen LogP contribution is 2.08. The van der Waals surface area contributed by atoms with Gasteiger partial charge in [-0.2, -0.15) is 5.10 Å². The molecule has 7 heteroatoms. The summed E-state index contributed by atoms with van der Waals surface area (Å²) in [5.74, 6) is -1.20. The van der Waals surface area contributed by atoms with E-state index in [2.05, 4.69) is 5.10 Å². The Morgan fingerprint density at radius 2 is 2.15 bits per heavy atom. The maximum absolute atomic E-state index is 11.0. The van der Waals surface area contributed by atoms with E-state index < -0.39 is 15.8 Å². The van der Waals surface area contributed by atoms with Crippen LogP contribution in [0.3, 0.4) is 0 Å². The third-order valence-corrected chi connectivity index (χ3v) is 2.42. The fourth-order valence-corrected chi connectivity index (χ4v) is 1.42. The van der Waals surface area contributed by atoms with Crippen molar-refractivity contribution in [1.82, 2.24) is 9.78 Å². The molecule has 0 aromatic carbocycles. The Kier molecular flexibility index (Phi) is 2.12. The first-order valence-corrected chi connectivity index (χ1v) is 5.19. The van der Waals surface area contributed by atoms with Gasteiger partial charge in [-0.25, -0.2) is 13.2 Å². The minimum atomic E-state index is -3.43. The Balaban J connectivity index is 3.33. The maximum Gasteiger partial charge on any atom is 0.354 e. The molecule has 0 bridgehead atoms. The van der Waals surface area contributed by atoms with Crippen LogP contribution in [0.15, 0.2) is 11.1 Å². The summed E-state index contributed by atoms with van der Waals surface area (Å²) in [5, 5.41) is 11.9. The summed E-state index contributed by atoms with van der Waals surface area (Å²) in [6, 6.07) is 1.03. The molecule has 1 rings (SSSR count). The number of sulfone groups is 1. The van der Waals surface area contributed by atoms with E-state index in [9.17, 15) is 13.2 Å². The van der Waals surface area contributed by atoms with Crippen molar-refractivity contribution in [2.45, 2.75) is 5.03 Å². The Bertz CT molecular complexity index is 445. The average molecular weight is 204 g/mol. The number of aromatic carboxylic acids is 1. The molecule has 72 valence electrons. The lowest BCUT2D eigenvalue weighted by Crippen LogP contribution is -2.05. The second-order valence-electron chi connectivity index (χ2n) is 2.57. The number of carbonyl (C=O) groups is 1. The van der Waals surface area contributed by atoms with Crippen LogP contribution in [0.1, 0.15) is 10.5 Å². The number of aryl methyl sites for hydroxylation is 1. The molecule has 1 aromatic heterocycles. The van der Waals surface area contributed by atoms with E-state index in [1.54, 1.807) is 0 Å². The van der Waals surface area contributed by atoms with Crippen LogP contribution in [-0.2, 0) is 16.9 Å². The predicted molar refractivity (Wildman–Crippen MR) is 43.3 cm³/mol. The first-order valence-electron chi connectivity index (χ1n) is 3.30. The fraction of sp³-hybridized carbons (Fsp3) is 0.333. The van der Waals surface area contributed by atoms with Gasteiger partial charge in [-0.15, -0.1) is 0 Å². The quantitative estimate of drug-likeness (QED) is 0.702. The molecule has 1 N–H and O–H groups in total. The number of carboxylic acid groups (broad SMARTS) is 1. The molecule has 0 radical (unpaired) electrons. The smallest absolute Gasteiger partial charge is 0.354 e. The van der Waals surface area contributed by atoms with Crippen molar-refractivity contribution >= 4 is 15.8 Å². The molecule has 13 heavy (non-hydrogen) atoms. The van der Waals surface area contributed by atoms with Gasteiger partial charge in [0.25, 0.3) is 0 Å². The molecule has 0 amide bonds. The zero-order chi connectivity index (χ0) is 10.2. The SMILES string of the molecule is Cn1nc(S(C)(=O)=O)cc1C(=O)O. The zero-order valence-corrected chi connectivity index (χ0v) is 7.87. The standard InChI is InChI=1S/C6H8N2O4S/c1-8-4(6(9)10)3-5(7-8)13(2,11)12/h3H,1-2H3,(H,9,10). The summed E-state index contributed by atoms with van der Waals surface area (Å²) in [6.45, 7) is 0. The van der Waals surface area contributed by atoms with Gasteiger partial charge in [0.1, 0.15) is 5.69 Å². The van der Waals surface area contributed by atoms with Crippen LogP contribution >= 0.6 is 0 Å². The molecule has 0 fully saturated rings. The lowest BCUT2D eigenvalue weighted by molar-refractivity contribution is 0.0685. The van der Waals surface area contributed by atoms with Crippen molar-refractivity contribution < 1.29 is 18.3 Å². The van der Waals surface area contributed by atoms with Crippen LogP contribution in [0.2, 0.25) is 0 Å². The average Bonchev–Trinajstić information content (AvgIpc) is 2.29. The number of aromatic nitrogens is 2. The van der Waals surface area contributed by atoms with E-state index in [1.165, 1.54) is 7.05 Å². The van der Waals surface area contributed by atoms with Crippen LogP contribution in [0.4, 0.5) is 0 Å². The van der Waals surface area contributed by atoms with Crippen LogP contribution < -0.4 is 0 Å². The van der Waals surface area contributed by atoms with E-state index in [0.717, 1.165) is 17.0 Å². The van der Waals surface area contributed by atoms with Gasteiger partial charge in [0.2, 0.25) is 0 Å². The summed E-state index contributed by atoms with van der Waals surface area (Å²) < 4.78 is 22.9. The van der Waals surface area contributed by atoms with Gasteiger partial charge >= 0.3 is 5.97 Å². The summed E-state index contributed by atoms with van der Waals surface area (Å²) in [5.41, 5.74) is -0.152. The predicted octanol–water partition coefficient (Wildman–Crippen LogP) is -0.478. The molecular formula is C6H8N2O4S. The van der Waals surface area contributed by atoms with E-state index in [4.69, 9.17) is 5.11 Å². The van der Waals surface area contributed by atoms with Gasteiger partial charge in [-0.3, -0.25) is 4.68 Å². The molecule has 6 nitrogen and oxygen atoms in total. The lowest BCUT2D eigenvalue weighted by atomic mass is 10.4. The van der Waals surface area contributed by atoms with Gasteiger partial charge < -0.3 is 5.11 Å². The third-order valence-electron chi connectivity index (χ3n) is 1.46. The number of hydrogen-bond donors (Lipinski definition) is 1. The highest BCUT2D eigenvalue weighted by atomic mass is 32.2. The largest absolute Gasteiger partial charge is 0.477 e. The van der Waals surface area contributed by atoms with E-state index in [1.807, 2.05) is 0 Å². The fourth-order valence-electron chi connectivity index (χ4n) is 0.822. The Labute approximate surface area is 74.7 Å². The molecule has 0 aliphatic carbocycles. The van der Waals surface area contributed by atoms with E-state index in [-0.39, 0.29) is 10.7 Å². The molecule has 0 spiro atoms. The molecule has 0 atom stereocenters. The second-order valence-corrected chi connectivity index (χ2v) is 4.53. The molecular weight excluding hydrogens is 196 g/mol. The second kappa shape index (κ2) is 2.84. The van der Waals surface area contributed by atoms with Crippen molar-refractivity contribution in [2.24, 2.45) is 7.05 Å². The van der Waals surface area contributed by atoms with Crippen molar-refractivity contribution in [1.29, 1.82) is 0 Å². The monoisotopic (exact) mass is 204 g/mol. The minimum absolute atomic E-state index is 0.152. The van der Waals surface area contributed by atoms with Crippen molar-refractivity contribution in [3.8, 4) is 0 Å². The van der Waals surface area contributed by atoms with Crippen LogP contribution in [-0.4, -0.2) is 35.5 Å². The molecule has 0 saturated carbocycles. The summed E-state index contributed by atoms with van der Waals surface area (Å²) >= 11 is 0. The van der Waals surface area contributed by atoms with Gasteiger partial charge in [0.05, 0.1) is 0 Å². The Morgan fingerprint density at radius 1 is 1.62 bits per heavy atom. The van der Waals surface area contributed by atoms with Crippen molar-refractivity contribution in [2.75, 3.05) is 6.26 Å². The number of nitrogens with zero attached hydrogens (tertiary/aromatic N) is 2. The third kappa shape index (κ3) is 1.86. The van der Waals surface area contributed by atoms with Gasteiger partial charge in [0.15, 0.2) is 14.9 Å². The normalized spacial score (nSPS) is 11.5. The first-order chi connectivity index (χ1) is 5.82. The van der Waals surface area contributed by atoms with Crippen LogP contribution in [0, 0.1) is 0 Å². The van der Waals surface area contributed by atoms with Gasteiger partial charge in [0, 0.05) is 19.4 Å². The summed E-state index contributed by atoms with van der Waals surface area (Å²) in [6.07, 6.45) is 0.973. The maximum atomic E-state index is 11.0. The summed E-state index contributed by atoms with van der Waals surface area (Å²) in [7, 11) is -2.06. The number of hydrogen-bond acceptors (Lipinski definition) is 4. The number of carboxylic acids is 1. The van der Waals surface area contributed by atoms with Crippen molar-refractivity contribution in [3.05, 3.63) is 11.8 Å². The molecule has 0 aliphatic rings. The Hall–Kier alpha value is -1.37. The molecule has 0 saturated heterocycles. The van der Waals surface area contributed by atoms with Gasteiger partial charge in [-0.05, 0) is 0 Å². The Morgan fingerprint density at radius 3 is 2.38 bits per heavy atom. The number of rotatable bonds is 2.